The lowest BCUT2D eigenvalue weighted by Gasteiger charge is -2.26. The summed E-state index contributed by atoms with van der Waals surface area (Å²) in [4.78, 5) is 26.7. The van der Waals surface area contributed by atoms with E-state index >= 15 is 0 Å². The lowest BCUT2D eigenvalue weighted by molar-refractivity contribution is -0.137. The van der Waals surface area contributed by atoms with E-state index in [0.717, 1.165) is 17.7 Å². The van der Waals surface area contributed by atoms with Crippen LogP contribution in [0, 0.1) is 12.7 Å². The molecule has 0 aliphatic carbocycles. The van der Waals surface area contributed by atoms with Crippen LogP contribution in [-0.2, 0) is 22.3 Å². The Morgan fingerprint density at radius 1 is 1.06 bits per heavy atom. The van der Waals surface area contributed by atoms with Gasteiger partial charge in [0.2, 0.25) is 5.91 Å². The Morgan fingerprint density at radius 3 is 2.35 bits per heavy atom. The Balaban J connectivity index is 1.47. The summed E-state index contributed by atoms with van der Waals surface area (Å²) in [5, 5.41) is -0.315. The first kappa shape index (κ1) is 23.8. The first-order chi connectivity index (χ1) is 16.1. The molecule has 176 valence electrons. The maximum Gasteiger partial charge on any atom is 0.416 e. The number of alkyl halides is 3. The van der Waals surface area contributed by atoms with E-state index in [1.807, 2.05) is 0 Å². The highest BCUT2D eigenvalue weighted by Gasteiger charge is 2.35. The van der Waals surface area contributed by atoms with E-state index in [2.05, 4.69) is 0 Å². The lowest BCUT2D eigenvalue weighted by Crippen LogP contribution is -2.28. The van der Waals surface area contributed by atoms with Crippen molar-refractivity contribution in [3.8, 4) is 0 Å². The standard InChI is InChI=1S/C25H19F4NO3S/c1-15-12-18(24(32)33-13-16-2-7-19(8-3-16)25(27,28)29)6-11-21(15)30-22(31)14-34-23(30)17-4-9-20(26)10-5-17/h2-12,23H,13-14H2,1H3. The van der Waals surface area contributed by atoms with Crippen molar-refractivity contribution in [2.45, 2.75) is 25.1 Å². The summed E-state index contributed by atoms with van der Waals surface area (Å²) < 4.78 is 56.6. The number of amides is 1. The van der Waals surface area contributed by atoms with E-state index in [9.17, 15) is 27.2 Å². The van der Waals surface area contributed by atoms with Crippen LogP contribution in [0.25, 0.3) is 0 Å². The van der Waals surface area contributed by atoms with Gasteiger partial charge >= 0.3 is 12.1 Å². The molecular formula is C25H19F4NO3S. The molecule has 1 fully saturated rings. The molecule has 1 atom stereocenters. The molecule has 0 bridgehead atoms. The van der Waals surface area contributed by atoms with Crippen molar-refractivity contribution in [1.82, 2.24) is 0 Å². The second kappa shape index (κ2) is 9.50. The zero-order valence-electron chi connectivity index (χ0n) is 17.9. The van der Waals surface area contributed by atoms with Crippen LogP contribution in [0.15, 0.2) is 66.7 Å². The van der Waals surface area contributed by atoms with E-state index < -0.39 is 17.7 Å². The molecule has 1 amide bonds. The molecule has 1 heterocycles. The van der Waals surface area contributed by atoms with Crippen LogP contribution in [0.3, 0.4) is 0 Å². The number of hydrogen-bond donors (Lipinski definition) is 0. The van der Waals surface area contributed by atoms with E-state index in [4.69, 9.17) is 4.74 Å². The van der Waals surface area contributed by atoms with Crippen LogP contribution in [0.2, 0.25) is 0 Å². The third-order valence-corrected chi connectivity index (χ3v) is 6.58. The molecular weight excluding hydrogens is 470 g/mol. The number of anilines is 1. The molecule has 1 aliphatic heterocycles. The zero-order valence-corrected chi connectivity index (χ0v) is 18.8. The summed E-state index contributed by atoms with van der Waals surface area (Å²) in [6.07, 6.45) is -4.43. The van der Waals surface area contributed by atoms with Gasteiger partial charge in [0.05, 0.1) is 16.9 Å². The number of nitrogens with zero attached hydrogens (tertiary/aromatic N) is 1. The Kier molecular flexibility index (Phi) is 6.65. The van der Waals surface area contributed by atoms with Gasteiger partial charge in [-0.15, -0.1) is 11.8 Å². The van der Waals surface area contributed by atoms with E-state index in [-0.39, 0.29) is 35.0 Å². The normalized spacial score (nSPS) is 16.1. The first-order valence-corrected chi connectivity index (χ1v) is 11.3. The molecule has 34 heavy (non-hydrogen) atoms. The lowest BCUT2D eigenvalue weighted by atomic mass is 10.1. The number of hydrogen-bond acceptors (Lipinski definition) is 4. The van der Waals surface area contributed by atoms with Gasteiger partial charge in [0, 0.05) is 5.69 Å². The SMILES string of the molecule is Cc1cc(C(=O)OCc2ccc(C(F)(F)F)cc2)ccc1N1C(=O)CSC1c1ccc(F)cc1. The number of halogens is 4. The maximum atomic E-state index is 13.3. The average molecular weight is 489 g/mol. The number of rotatable bonds is 5. The Morgan fingerprint density at radius 2 is 1.74 bits per heavy atom. The van der Waals surface area contributed by atoms with Gasteiger partial charge in [-0.25, -0.2) is 9.18 Å². The molecule has 4 nitrogen and oxygen atoms in total. The molecule has 0 saturated carbocycles. The number of aryl methyl sites for hydroxylation is 1. The molecule has 9 heteroatoms. The third kappa shape index (κ3) is 5.09. The first-order valence-electron chi connectivity index (χ1n) is 10.3. The minimum atomic E-state index is -4.43. The van der Waals surface area contributed by atoms with Gasteiger partial charge in [0.1, 0.15) is 17.8 Å². The van der Waals surface area contributed by atoms with Gasteiger partial charge < -0.3 is 4.74 Å². The van der Waals surface area contributed by atoms with Gasteiger partial charge in [0.15, 0.2) is 0 Å². The van der Waals surface area contributed by atoms with Crippen molar-refractivity contribution in [1.29, 1.82) is 0 Å². The molecule has 0 radical (unpaired) electrons. The number of ether oxygens (including phenoxy) is 1. The molecule has 0 N–H and O–H groups in total. The summed E-state index contributed by atoms with van der Waals surface area (Å²) in [7, 11) is 0. The summed E-state index contributed by atoms with van der Waals surface area (Å²) >= 11 is 1.43. The highest BCUT2D eigenvalue weighted by Crippen LogP contribution is 2.43. The molecule has 1 aliphatic rings. The largest absolute Gasteiger partial charge is 0.457 e. The smallest absolute Gasteiger partial charge is 0.416 e. The number of thioether (sulfide) groups is 1. The van der Waals surface area contributed by atoms with E-state index in [1.54, 1.807) is 36.1 Å². The van der Waals surface area contributed by atoms with Crippen LogP contribution < -0.4 is 4.90 Å². The van der Waals surface area contributed by atoms with E-state index in [0.29, 0.717) is 16.8 Å². The third-order valence-electron chi connectivity index (χ3n) is 5.37. The predicted molar refractivity (Wildman–Crippen MR) is 121 cm³/mol. The maximum absolute atomic E-state index is 13.3. The minimum Gasteiger partial charge on any atom is -0.457 e. The van der Waals surface area contributed by atoms with Crippen molar-refractivity contribution in [3.63, 3.8) is 0 Å². The van der Waals surface area contributed by atoms with Crippen LogP contribution in [0.5, 0.6) is 0 Å². The summed E-state index contributed by atoms with van der Waals surface area (Å²) in [6, 6.07) is 15.2. The summed E-state index contributed by atoms with van der Waals surface area (Å²) in [6.45, 7) is 1.59. The average Bonchev–Trinajstić information content (AvgIpc) is 3.18. The highest BCUT2D eigenvalue weighted by atomic mass is 32.2. The number of esters is 1. The van der Waals surface area contributed by atoms with Crippen LogP contribution >= 0.6 is 11.8 Å². The molecule has 0 aromatic heterocycles. The van der Waals surface area contributed by atoms with Crippen LogP contribution in [0.1, 0.15) is 38.0 Å². The number of carbonyl (C=O) groups is 2. The van der Waals surface area contributed by atoms with Crippen LogP contribution in [-0.4, -0.2) is 17.6 Å². The van der Waals surface area contributed by atoms with Crippen molar-refractivity contribution < 1.29 is 31.9 Å². The van der Waals surface area contributed by atoms with Crippen molar-refractivity contribution in [2.75, 3.05) is 10.7 Å². The molecule has 1 saturated heterocycles. The number of carbonyl (C=O) groups excluding carboxylic acids is 2. The van der Waals surface area contributed by atoms with Gasteiger partial charge in [-0.1, -0.05) is 24.3 Å². The molecule has 4 rings (SSSR count). The molecule has 3 aromatic rings. The monoisotopic (exact) mass is 489 g/mol. The minimum absolute atomic E-state index is 0.0972. The quantitative estimate of drug-likeness (QED) is 0.312. The molecule has 1 unspecified atom stereocenters. The predicted octanol–water partition coefficient (Wildman–Crippen LogP) is 6.29. The van der Waals surface area contributed by atoms with E-state index in [1.165, 1.54) is 42.1 Å². The summed E-state index contributed by atoms with van der Waals surface area (Å²) in [5.41, 5.74) is 2.00. The fourth-order valence-corrected chi connectivity index (χ4v) is 4.80. The van der Waals surface area contributed by atoms with Gasteiger partial charge in [-0.2, -0.15) is 13.2 Å². The Hall–Kier alpha value is -3.33. The second-order valence-electron chi connectivity index (χ2n) is 7.75. The van der Waals surface area contributed by atoms with Crippen molar-refractivity contribution in [2.24, 2.45) is 0 Å². The molecule has 0 spiro atoms. The fourth-order valence-electron chi connectivity index (χ4n) is 3.63. The van der Waals surface area contributed by atoms with Gasteiger partial charge in [-0.3, -0.25) is 9.69 Å². The van der Waals surface area contributed by atoms with Gasteiger partial charge in [-0.05, 0) is 66.1 Å². The Bertz CT molecular complexity index is 1210. The summed E-state index contributed by atoms with van der Waals surface area (Å²) in [5.74, 6) is -0.815. The highest BCUT2D eigenvalue weighted by molar-refractivity contribution is 8.00. The number of benzene rings is 3. The van der Waals surface area contributed by atoms with Crippen LogP contribution in [0.4, 0.5) is 23.2 Å². The van der Waals surface area contributed by atoms with Crippen molar-refractivity contribution >= 4 is 29.3 Å². The fraction of sp³-hybridized carbons (Fsp3) is 0.200. The zero-order chi connectivity index (χ0) is 24.5. The Labute approximate surface area is 197 Å². The van der Waals surface area contributed by atoms with Gasteiger partial charge in [0.25, 0.3) is 0 Å². The topological polar surface area (TPSA) is 46.6 Å². The molecule has 3 aromatic carbocycles. The van der Waals surface area contributed by atoms with Crippen molar-refractivity contribution in [3.05, 3.63) is 100 Å². The second-order valence-corrected chi connectivity index (χ2v) is 8.82.